The van der Waals surface area contributed by atoms with E-state index in [1.165, 1.54) is 0 Å². The maximum absolute atomic E-state index is 11.9. The van der Waals surface area contributed by atoms with Gasteiger partial charge < -0.3 is 20.8 Å². The molecule has 0 bridgehead atoms. The lowest BCUT2D eigenvalue weighted by molar-refractivity contribution is 0.0956. The van der Waals surface area contributed by atoms with Gasteiger partial charge in [-0.05, 0) is 31.2 Å². The number of anilines is 2. The third-order valence-corrected chi connectivity index (χ3v) is 2.69. The predicted octanol–water partition coefficient (Wildman–Crippen LogP) is 2.22. The van der Waals surface area contributed by atoms with Gasteiger partial charge in [0, 0.05) is 30.0 Å². The highest BCUT2D eigenvalue weighted by Gasteiger charge is 2.10. The Balaban J connectivity index is 2.17. The molecule has 0 spiro atoms. The average Bonchev–Trinajstić information content (AvgIpc) is 2.89. The molecule has 1 amide bonds. The highest BCUT2D eigenvalue weighted by molar-refractivity contribution is 6.00. The number of nitrogens with two attached hydrogens (primary N) is 1. The van der Waals surface area contributed by atoms with Crippen molar-refractivity contribution in [2.24, 2.45) is 0 Å². The van der Waals surface area contributed by atoms with Crippen molar-refractivity contribution >= 4 is 17.3 Å². The molecule has 0 atom stereocenters. The SMILES string of the molecule is CCNC(=O)c1ccc(N)cc1NCc1ccoc1. The van der Waals surface area contributed by atoms with E-state index in [1.54, 1.807) is 30.7 Å². The van der Waals surface area contributed by atoms with Crippen LogP contribution >= 0.6 is 0 Å². The van der Waals surface area contributed by atoms with Gasteiger partial charge in [-0.2, -0.15) is 0 Å². The number of hydrogen-bond donors (Lipinski definition) is 3. The van der Waals surface area contributed by atoms with Crippen LogP contribution in [-0.2, 0) is 6.54 Å². The first-order valence-electron chi connectivity index (χ1n) is 6.13. The van der Waals surface area contributed by atoms with Crippen molar-refractivity contribution in [1.82, 2.24) is 5.32 Å². The van der Waals surface area contributed by atoms with Crippen LogP contribution in [0.15, 0.2) is 41.2 Å². The van der Waals surface area contributed by atoms with Crippen molar-refractivity contribution < 1.29 is 9.21 Å². The van der Waals surface area contributed by atoms with Gasteiger partial charge in [0.05, 0.1) is 18.1 Å². The Bertz CT molecular complexity index is 550. The Morgan fingerprint density at radius 3 is 2.89 bits per heavy atom. The van der Waals surface area contributed by atoms with E-state index in [-0.39, 0.29) is 5.91 Å². The van der Waals surface area contributed by atoms with Crippen LogP contribution in [0.3, 0.4) is 0 Å². The molecule has 5 nitrogen and oxygen atoms in total. The normalized spacial score (nSPS) is 10.2. The molecule has 4 N–H and O–H groups in total. The van der Waals surface area contributed by atoms with E-state index in [0.717, 1.165) is 5.56 Å². The first kappa shape index (κ1) is 13.0. The molecular weight excluding hydrogens is 242 g/mol. The van der Waals surface area contributed by atoms with Gasteiger partial charge in [-0.3, -0.25) is 4.79 Å². The van der Waals surface area contributed by atoms with Gasteiger partial charge in [0.2, 0.25) is 0 Å². The number of benzene rings is 1. The number of rotatable bonds is 5. The third-order valence-electron chi connectivity index (χ3n) is 2.69. The zero-order valence-corrected chi connectivity index (χ0v) is 10.8. The summed E-state index contributed by atoms with van der Waals surface area (Å²) in [5.41, 5.74) is 8.68. The molecule has 0 radical (unpaired) electrons. The lowest BCUT2D eigenvalue weighted by atomic mass is 10.1. The van der Waals surface area contributed by atoms with Crippen LogP contribution in [0.25, 0.3) is 0 Å². The van der Waals surface area contributed by atoms with Crippen LogP contribution in [0.4, 0.5) is 11.4 Å². The molecule has 0 aliphatic rings. The average molecular weight is 259 g/mol. The van der Waals surface area contributed by atoms with E-state index in [0.29, 0.717) is 30.0 Å². The third kappa shape index (κ3) is 3.28. The molecule has 2 aromatic rings. The lowest BCUT2D eigenvalue weighted by Gasteiger charge is -2.12. The highest BCUT2D eigenvalue weighted by Crippen LogP contribution is 2.20. The number of furan rings is 1. The summed E-state index contributed by atoms with van der Waals surface area (Å²) in [5.74, 6) is -0.114. The maximum atomic E-state index is 11.9. The summed E-state index contributed by atoms with van der Waals surface area (Å²) in [5, 5.41) is 5.97. The molecule has 0 fully saturated rings. The molecule has 0 saturated heterocycles. The Morgan fingerprint density at radius 2 is 2.21 bits per heavy atom. The molecule has 1 aromatic heterocycles. The molecule has 100 valence electrons. The monoisotopic (exact) mass is 259 g/mol. The van der Waals surface area contributed by atoms with Gasteiger partial charge in [-0.1, -0.05) is 0 Å². The zero-order valence-electron chi connectivity index (χ0n) is 10.8. The lowest BCUT2D eigenvalue weighted by Crippen LogP contribution is -2.23. The number of amides is 1. The Kier molecular flexibility index (Phi) is 4.07. The largest absolute Gasteiger partial charge is 0.472 e. The summed E-state index contributed by atoms with van der Waals surface area (Å²) in [6, 6.07) is 7.06. The van der Waals surface area contributed by atoms with E-state index in [9.17, 15) is 4.79 Å². The fraction of sp³-hybridized carbons (Fsp3) is 0.214. The number of hydrogen-bond acceptors (Lipinski definition) is 4. The van der Waals surface area contributed by atoms with Crippen LogP contribution < -0.4 is 16.4 Å². The van der Waals surface area contributed by atoms with Gasteiger partial charge in [-0.25, -0.2) is 0 Å². The molecular formula is C14H17N3O2. The van der Waals surface area contributed by atoms with Crippen LogP contribution in [0, 0.1) is 0 Å². The summed E-state index contributed by atoms with van der Waals surface area (Å²) >= 11 is 0. The van der Waals surface area contributed by atoms with Crippen molar-refractivity contribution in [1.29, 1.82) is 0 Å². The second-order valence-electron chi connectivity index (χ2n) is 4.15. The molecule has 19 heavy (non-hydrogen) atoms. The van der Waals surface area contributed by atoms with Gasteiger partial charge in [0.15, 0.2) is 0 Å². The molecule has 5 heteroatoms. The second kappa shape index (κ2) is 5.95. The van der Waals surface area contributed by atoms with Gasteiger partial charge in [0.1, 0.15) is 0 Å². The molecule has 0 aliphatic heterocycles. The van der Waals surface area contributed by atoms with Crippen molar-refractivity contribution in [3.63, 3.8) is 0 Å². The topological polar surface area (TPSA) is 80.3 Å². The number of nitrogen functional groups attached to an aromatic ring is 1. The summed E-state index contributed by atoms with van der Waals surface area (Å²) in [6.07, 6.45) is 3.27. The van der Waals surface area contributed by atoms with Crippen molar-refractivity contribution in [3.05, 3.63) is 47.9 Å². The Hall–Kier alpha value is -2.43. The van der Waals surface area contributed by atoms with Crippen LogP contribution in [0.2, 0.25) is 0 Å². The first-order valence-corrected chi connectivity index (χ1v) is 6.13. The molecule has 1 aromatic carbocycles. The summed E-state index contributed by atoms with van der Waals surface area (Å²) in [4.78, 5) is 11.9. The fourth-order valence-electron chi connectivity index (χ4n) is 1.75. The van der Waals surface area contributed by atoms with Crippen LogP contribution in [0.5, 0.6) is 0 Å². The first-order chi connectivity index (χ1) is 9.20. The fourth-order valence-corrected chi connectivity index (χ4v) is 1.75. The van der Waals surface area contributed by atoms with E-state index >= 15 is 0 Å². The minimum Gasteiger partial charge on any atom is -0.472 e. The molecule has 0 saturated carbocycles. The number of nitrogens with one attached hydrogen (secondary N) is 2. The minimum absolute atomic E-state index is 0.114. The minimum atomic E-state index is -0.114. The molecule has 0 unspecified atom stereocenters. The molecule has 2 rings (SSSR count). The molecule has 0 aliphatic carbocycles. The predicted molar refractivity (Wildman–Crippen MR) is 74.9 cm³/mol. The van der Waals surface area contributed by atoms with Crippen LogP contribution in [0.1, 0.15) is 22.8 Å². The standard InChI is InChI=1S/C14H17N3O2/c1-2-16-14(18)12-4-3-11(15)7-13(12)17-8-10-5-6-19-9-10/h3-7,9,17H,2,8,15H2,1H3,(H,16,18). The van der Waals surface area contributed by atoms with E-state index < -0.39 is 0 Å². The maximum Gasteiger partial charge on any atom is 0.253 e. The zero-order chi connectivity index (χ0) is 13.7. The summed E-state index contributed by atoms with van der Waals surface area (Å²) in [6.45, 7) is 3.05. The number of carbonyl (C=O) groups excluding carboxylic acids is 1. The Labute approximate surface area is 111 Å². The summed E-state index contributed by atoms with van der Waals surface area (Å²) in [7, 11) is 0. The van der Waals surface area contributed by atoms with E-state index in [4.69, 9.17) is 10.2 Å². The van der Waals surface area contributed by atoms with Gasteiger partial charge in [0.25, 0.3) is 5.91 Å². The highest BCUT2D eigenvalue weighted by atomic mass is 16.3. The quantitative estimate of drug-likeness (QED) is 0.719. The van der Waals surface area contributed by atoms with E-state index in [1.807, 2.05) is 13.0 Å². The molecule has 1 heterocycles. The van der Waals surface area contributed by atoms with Crippen molar-refractivity contribution in [2.75, 3.05) is 17.6 Å². The van der Waals surface area contributed by atoms with Crippen molar-refractivity contribution in [3.8, 4) is 0 Å². The van der Waals surface area contributed by atoms with Crippen molar-refractivity contribution in [2.45, 2.75) is 13.5 Å². The van der Waals surface area contributed by atoms with Gasteiger partial charge >= 0.3 is 0 Å². The van der Waals surface area contributed by atoms with Gasteiger partial charge in [-0.15, -0.1) is 0 Å². The van der Waals surface area contributed by atoms with E-state index in [2.05, 4.69) is 10.6 Å². The number of carbonyl (C=O) groups is 1. The summed E-state index contributed by atoms with van der Waals surface area (Å²) < 4.78 is 5.00. The smallest absolute Gasteiger partial charge is 0.253 e. The Morgan fingerprint density at radius 1 is 1.37 bits per heavy atom. The van der Waals surface area contributed by atoms with Crippen LogP contribution in [-0.4, -0.2) is 12.5 Å². The second-order valence-corrected chi connectivity index (χ2v) is 4.15.